The van der Waals surface area contributed by atoms with Gasteiger partial charge in [0, 0.05) is 6.42 Å². The molecule has 0 aromatic carbocycles. The topological polar surface area (TPSA) is 33.4 Å². The van der Waals surface area contributed by atoms with Gasteiger partial charge in [0.2, 0.25) is 0 Å². The Morgan fingerprint density at radius 2 is 1.67 bits per heavy atom. The molecule has 15 heavy (non-hydrogen) atoms. The van der Waals surface area contributed by atoms with E-state index in [9.17, 15) is 0 Å². The third-order valence-corrected chi connectivity index (χ3v) is 2.65. The van der Waals surface area contributed by atoms with Crippen molar-refractivity contribution in [1.29, 1.82) is 0 Å². The summed E-state index contributed by atoms with van der Waals surface area (Å²) in [6, 6.07) is 3.82. The van der Waals surface area contributed by atoms with Crippen LogP contribution in [0.5, 0.6) is 0 Å². The van der Waals surface area contributed by atoms with E-state index in [1.54, 1.807) is 0 Å². The minimum atomic E-state index is 0.0104. The molecule has 2 heteroatoms. The zero-order valence-corrected chi connectivity index (χ0v) is 9.67. The monoisotopic (exact) mass is 210 g/mol. The number of rotatable bonds is 8. The van der Waals surface area contributed by atoms with E-state index < -0.39 is 0 Å². The zero-order valence-electron chi connectivity index (χ0n) is 9.67. The van der Waals surface area contributed by atoms with E-state index in [-0.39, 0.29) is 6.61 Å². The Labute approximate surface area is 92.3 Å². The second kappa shape index (κ2) is 7.52. The average Bonchev–Trinajstić information content (AvgIpc) is 2.71. The molecule has 0 aliphatic rings. The Morgan fingerprint density at radius 1 is 1.00 bits per heavy atom. The molecular formula is C13H22O2. The number of aliphatic hydroxyl groups is 1. The van der Waals surface area contributed by atoms with Gasteiger partial charge in [0.05, 0.1) is 0 Å². The van der Waals surface area contributed by atoms with E-state index >= 15 is 0 Å². The van der Waals surface area contributed by atoms with Crippen LogP contribution < -0.4 is 0 Å². The molecular weight excluding hydrogens is 188 g/mol. The van der Waals surface area contributed by atoms with Crippen LogP contribution >= 0.6 is 0 Å². The summed E-state index contributed by atoms with van der Waals surface area (Å²) < 4.78 is 5.41. The van der Waals surface area contributed by atoms with Crippen LogP contribution in [-0.2, 0) is 13.0 Å². The maximum Gasteiger partial charge on any atom is 0.129 e. The molecule has 1 N–H and O–H groups in total. The van der Waals surface area contributed by atoms with Crippen LogP contribution in [0.2, 0.25) is 0 Å². The third kappa shape index (κ3) is 5.03. The van der Waals surface area contributed by atoms with Crippen molar-refractivity contribution in [3.05, 3.63) is 23.7 Å². The quantitative estimate of drug-likeness (QED) is 0.664. The highest BCUT2D eigenvalue weighted by molar-refractivity contribution is 5.06. The third-order valence-electron chi connectivity index (χ3n) is 2.65. The molecule has 0 saturated heterocycles. The van der Waals surface area contributed by atoms with Gasteiger partial charge in [-0.1, -0.05) is 39.0 Å². The summed E-state index contributed by atoms with van der Waals surface area (Å²) in [5.41, 5.74) is 0. The number of hydrogen-bond acceptors (Lipinski definition) is 2. The molecule has 86 valence electrons. The van der Waals surface area contributed by atoms with Gasteiger partial charge >= 0.3 is 0 Å². The van der Waals surface area contributed by atoms with Crippen LogP contribution in [0, 0.1) is 0 Å². The standard InChI is InChI=1S/C13H22O2/c1-2-3-4-5-6-7-8-12-9-10-13(11-14)15-12/h9-10,14H,2-8,11H2,1H3. The largest absolute Gasteiger partial charge is 0.464 e. The predicted molar refractivity (Wildman–Crippen MR) is 61.7 cm³/mol. The summed E-state index contributed by atoms with van der Waals surface area (Å²) in [7, 11) is 0. The molecule has 0 unspecified atom stereocenters. The molecule has 0 saturated carbocycles. The summed E-state index contributed by atoms with van der Waals surface area (Å²) in [4.78, 5) is 0. The minimum Gasteiger partial charge on any atom is -0.464 e. The number of aryl methyl sites for hydroxylation is 1. The molecule has 1 rings (SSSR count). The van der Waals surface area contributed by atoms with Gasteiger partial charge in [-0.15, -0.1) is 0 Å². The fourth-order valence-corrected chi connectivity index (χ4v) is 1.72. The van der Waals surface area contributed by atoms with Crippen LogP contribution in [-0.4, -0.2) is 5.11 Å². The number of unbranched alkanes of at least 4 members (excludes halogenated alkanes) is 5. The molecule has 0 bridgehead atoms. The van der Waals surface area contributed by atoms with Gasteiger partial charge < -0.3 is 9.52 Å². The van der Waals surface area contributed by atoms with Crippen molar-refractivity contribution in [2.45, 2.75) is 58.5 Å². The number of hydrogen-bond donors (Lipinski definition) is 1. The Hall–Kier alpha value is -0.760. The van der Waals surface area contributed by atoms with Crippen LogP contribution in [0.15, 0.2) is 16.5 Å². The van der Waals surface area contributed by atoms with Crippen molar-refractivity contribution in [3.8, 4) is 0 Å². The van der Waals surface area contributed by atoms with E-state index in [0.29, 0.717) is 5.76 Å². The maximum absolute atomic E-state index is 8.83. The van der Waals surface area contributed by atoms with Crippen LogP contribution in [0.4, 0.5) is 0 Å². The van der Waals surface area contributed by atoms with Crippen LogP contribution in [0.1, 0.15) is 57.0 Å². The lowest BCUT2D eigenvalue weighted by Gasteiger charge is -1.99. The fourth-order valence-electron chi connectivity index (χ4n) is 1.72. The SMILES string of the molecule is CCCCCCCCc1ccc(CO)o1. The molecule has 0 aliphatic carbocycles. The smallest absolute Gasteiger partial charge is 0.129 e. The van der Waals surface area contributed by atoms with E-state index in [0.717, 1.165) is 12.2 Å². The first kappa shape index (κ1) is 12.3. The summed E-state index contributed by atoms with van der Waals surface area (Å²) >= 11 is 0. The molecule has 1 aromatic rings. The second-order valence-corrected chi connectivity index (χ2v) is 4.04. The van der Waals surface area contributed by atoms with Gasteiger partial charge in [-0.25, -0.2) is 0 Å². The van der Waals surface area contributed by atoms with Crippen LogP contribution in [0.3, 0.4) is 0 Å². The summed E-state index contributed by atoms with van der Waals surface area (Å²) in [5.74, 6) is 1.69. The summed E-state index contributed by atoms with van der Waals surface area (Å²) in [6.07, 6.45) is 8.84. The molecule has 0 atom stereocenters. The highest BCUT2D eigenvalue weighted by Gasteiger charge is 2.00. The Kier molecular flexibility index (Phi) is 6.17. The van der Waals surface area contributed by atoms with E-state index in [1.165, 1.54) is 38.5 Å². The molecule has 0 aliphatic heterocycles. The number of furan rings is 1. The van der Waals surface area contributed by atoms with E-state index in [2.05, 4.69) is 6.92 Å². The van der Waals surface area contributed by atoms with Gasteiger partial charge in [-0.3, -0.25) is 0 Å². The summed E-state index contributed by atoms with van der Waals surface area (Å²) in [5, 5.41) is 8.83. The zero-order chi connectivity index (χ0) is 10.9. The van der Waals surface area contributed by atoms with Gasteiger partial charge in [0.25, 0.3) is 0 Å². The van der Waals surface area contributed by atoms with Crippen molar-refractivity contribution < 1.29 is 9.52 Å². The Bertz CT molecular complexity index is 253. The molecule has 1 aromatic heterocycles. The predicted octanol–water partition coefficient (Wildman–Crippen LogP) is 3.67. The molecule has 0 amide bonds. The molecule has 2 nitrogen and oxygen atoms in total. The number of aliphatic hydroxyl groups excluding tert-OH is 1. The highest BCUT2D eigenvalue weighted by atomic mass is 16.4. The minimum absolute atomic E-state index is 0.0104. The average molecular weight is 210 g/mol. The Morgan fingerprint density at radius 3 is 2.33 bits per heavy atom. The normalized spacial score (nSPS) is 10.8. The van der Waals surface area contributed by atoms with Gasteiger partial charge in [0.15, 0.2) is 0 Å². The first-order valence-corrected chi connectivity index (χ1v) is 6.05. The Balaban J connectivity index is 2.04. The molecule has 1 heterocycles. The van der Waals surface area contributed by atoms with E-state index in [4.69, 9.17) is 9.52 Å². The van der Waals surface area contributed by atoms with Crippen molar-refractivity contribution in [2.24, 2.45) is 0 Å². The van der Waals surface area contributed by atoms with Crippen molar-refractivity contribution in [3.63, 3.8) is 0 Å². The van der Waals surface area contributed by atoms with Crippen molar-refractivity contribution in [1.82, 2.24) is 0 Å². The van der Waals surface area contributed by atoms with Gasteiger partial charge in [-0.2, -0.15) is 0 Å². The molecule has 0 fully saturated rings. The highest BCUT2D eigenvalue weighted by Crippen LogP contribution is 2.12. The van der Waals surface area contributed by atoms with Crippen molar-refractivity contribution >= 4 is 0 Å². The van der Waals surface area contributed by atoms with Crippen LogP contribution in [0.25, 0.3) is 0 Å². The summed E-state index contributed by atoms with van der Waals surface area (Å²) in [6.45, 7) is 2.25. The molecule has 0 spiro atoms. The van der Waals surface area contributed by atoms with Crippen molar-refractivity contribution in [2.75, 3.05) is 0 Å². The fraction of sp³-hybridized carbons (Fsp3) is 0.692. The van der Waals surface area contributed by atoms with Gasteiger partial charge in [0.1, 0.15) is 18.1 Å². The first-order valence-electron chi connectivity index (χ1n) is 6.05. The maximum atomic E-state index is 8.83. The second-order valence-electron chi connectivity index (χ2n) is 4.04. The first-order chi connectivity index (χ1) is 7.36. The molecule has 0 radical (unpaired) electrons. The van der Waals surface area contributed by atoms with E-state index in [1.807, 2.05) is 12.1 Å². The van der Waals surface area contributed by atoms with Gasteiger partial charge in [-0.05, 0) is 18.6 Å². The lowest BCUT2D eigenvalue weighted by Crippen LogP contribution is -1.84. The lowest BCUT2D eigenvalue weighted by molar-refractivity contribution is 0.243. The lowest BCUT2D eigenvalue weighted by atomic mass is 10.1.